The lowest BCUT2D eigenvalue weighted by Gasteiger charge is -2.47. The molecule has 3 rings (SSSR count). The molecule has 4 N–H and O–H groups in total. The highest BCUT2D eigenvalue weighted by molar-refractivity contribution is 5.82. The number of hydrogen-bond acceptors (Lipinski definition) is 13. The van der Waals surface area contributed by atoms with Crippen molar-refractivity contribution in [3.63, 3.8) is 0 Å². The summed E-state index contributed by atoms with van der Waals surface area (Å²) in [5.41, 5.74) is -1.83. The van der Waals surface area contributed by atoms with Crippen LogP contribution in [0.15, 0.2) is 24.3 Å². The van der Waals surface area contributed by atoms with E-state index in [1.807, 2.05) is 32.9 Å². The first-order valence-corrected chi connectivity index (χ1v) is 17.5. The second-order valence-electron chi connectivity index (χ2n) is 14.2. The van der Waals surface area contributed by atoms with Crippen LogP contribution in [-0.4, -0.2) is 126 Å². The van der Waals surface area contributed by atoms with E-state index in [0.717, 1.165) is 0 Å². The first-order valence-electron chi connectivity index (χ1n) is 17.5. The summed E-state index contributed by atoms with van der Waals surface area (Å²) in [5.74, 6) is -1.82. The molecule has 0 aliphatic carbocycles. The zero-order chi connectivity index (χ0) is 36.6. The Morgan fingerprint density at radius 2 is 1.61 bits per heavy atom. The minimum Gasteiger partial charge on any atom is -0.459 e. The first-order chi connectivity index (χ1) is 23.0. The highest BCUT2D eigenvalue weighted by atomic mass is 16.7. The summed E-state index contributed by atoms with van der Waals surface area (Å²) in [6.45, 7) is 12.4. The monoisotopic (exact) mass is 700 g/mol. The molecule has 0 saturated carbocycles. The summed E-state index contributed by atoms with van der Waals surface area (Å²) < 4.78 is 41.1. The van der Waals surface area contributed by atoms with E-state index >= 15 is 0 Å². The van der Waals surface area contributed by atoms with Crippen LogP contribution >= 0.6 is 0 Å². The maximum atomic E-state index is 13.2. The lowest BCUT2D eigenvalue weighted by atomic mass is 9.82. The van der Waals surface area contributed by atoms with Gasteiger partial charge in [-0.2, -0.15) is 0 Å². The molecule has 13 heteroatoms. The van der Waals surface area contributed by atoms with E-state index in [2.05, 4.69) is 0 Å². The molecule has 0 radical (unpaired) electrons. The maximum Gasteiger partial charge on any atom is 0.330 e. The summed E-state index contributed by atoms with van der Waals surface area (Å²) >= 11 is 0. The average Bonchev–Trinajstić information content (AvgIpc) is 3.04. The number of aliphatic hydroxyl groups excluding tert-OH is 3. The van der Waals surface area contributed by atoms with Crippen LogP contribution in [0.4, 0.5) is 0 Å². The second-order valence-corrected chi connectivity index (χ2v) is 14.2. The Hall–Kier alpha value is -1.78. The van der Waals surface area contributed by atoms with Crippen molar-refractivity contribution in [2.45, 2.75) is 147 Å². The third-order valence-electron chi connectivity index (χ3n) is 10.3. The van der Waals surface area contributed by atoms with E-state index in [-0.39, 0.29) is 30.6 Å². The van der Waals surface area contributed by atoms with Crippen LogP contribution in [0.1, 0.15) is 74.1 Å². The average molecular weight is 701 g/mol. The highest BCUT2D eigenvalue weighted by Crippen LogP contribution is 2.36. The predicted molar refractivity (Wildman–Crippen MR) is 178 cm³/mol. The fourth-order valence-corrected chi connectivity index (χ4v) is 7.03. The van der Waals surface area contributed by atoms with E-state index in [9.17, 15) is 30.0 Å². The number of rotatable bonds is 8. The molecule has 282 valence electrons. The molecule has 13 nitrogen and oxygen atoms in total. The third-order valence-corrected chi connectivity index (χ3v) is 10.3. The molecule has 49 heavy (non-hydrogen) atoms. The Bertz CT molecular complexity index is 1110. The Morgan fingerprint density at radius 1 is 0.939 bits per heavy atom. The molecule has 3 aliphatic heterocycles. The van der Waals surface area contributed by atoms with Gasteiger partial charge in [0, 0.05) is 50.9 Å². The smallest absolute Gasteiger partial charge is 0.330 e. The molecular formula is C36H60O13. The van der Waals surface area contributed by atoms with E-state index < -0.39 is 90.9 Å². The fourth-order valence-electron chi connectivity index (χ4n) is 7.03. The molecule has 2 fully saturated rings. The van der Waals surface area contributed by atoms with Crippen molar-refractivity contribution in [3.8, 4) is 0 Å². The number of ketones is 1. The van der Waals surface area contributed by atoms with Gasteiger partial charge in [-0.25, -0.2) is 4.79 Å². The Morgan fingerprint density at radius 3 is 2.24 bits per heavy atom. The quantitative estimate of drug-likeness (QED) is 0.215. The number of carbonyl (C=O) groups is 2. The molecule has 0 unspecified atom stereocenters. The zero-order valence-electron chi connectivity index (χ0n) is 30.5. The summed E-state index contributed by atoms with van der Waals surface area (Å²) in [7, 11) is 2.97. The SMILES string of the molecule is CO[C@@H]1[C@H](O)[C@@H](C)O[C@@H](OC[C@H]2C=CCCC(=O)[C@H](C)C[C@H](C)[C@H](O[C@@H]3O[C@H](C)C[C@](O)([C@H](C)O)[C@H]3O)[C@@H](C)C=CC(=O)O[C@@H]2C)[C@@H]1OC. The van der Waals surface area contributed by atoms with Gasteiger partial charge in [0.25, 0.3) is 0 Å². The molecule has 0 spiro atoms. The Kier molecular flexibility index (Phi) is 15.8. The van der Waals surface area contributed by atoms with Gasteiger partial charge < -0.3 is 53.6 Å². The number of cyclic esters (lactones) is 1. The molecule has 3 heterocycles. The van der Waals surface area contributed by atoms with Crippen LogP contribution in [0.25, 0.3) is 0 Å². The number of allylic oxidation sites excluding steroid dienone is 1. The van der Waals surface area contributed by atoms with Crippen molar-refractivity contribution in [1.29, 1.82) is 0 Å². The van der Waals surface area contributed by atoms with Crippen molar-refractivity contribution >= 4 is 11.8 Å². The fraction of sp³-hybridized carbons (Fsp3) is 0.833. The van der Waals surface area contributed by atoms with Gasteiger partial charge in [-0.3, -0.25) is 4.79 Å². The van der Waals surface area contributed by atoms with E-state index in [1.54, 1.807) is 26.8 Å². The van der Waals surface area contributed by atoms with Crippen LogP contribution in [-0.2, 0) is 42.7 Å². The Labute approximate surface area is 290 Å². The second kappa shape index (κ2) is 18.6. The van der Waals surface area contributed by atoms with Crippen molar-refractivity contribution in [2.75, 3.05) is 20.8 Å². The van der Waals surface area contributed by atoms with Gasteiger partial charge in [-0.1, -0.05) is 39.0 Å². The van der Waals surface area contributed by atoms with Gasteiger partial charge >= 0.3 is 5.97 Å². The van der Waals surface area contributed by atoms with Gasteiger partial charge in [0.15, 0.2) is 12.6 Å². The predicted octanol–water partition coefficient (Wildman–Crippen LogP) is 2.45. The molecule has 0 aromatic carbocycles. The molecule has 0 aromatic heterocycles. The standard InChI is InChI=1S/C36H60O13/c1-19-14-15-28(39)47-23(5)26(18-45-34-32(44-9)31(43-8)29(40)24(6)48-34)12-10-11-13-27(38)20(2)16-21(3)30(19)49-35-33(41)36(42,25(7)37)17-22(4)46-35/h10,12,14-15,19-26,29-35,37,40-42H,11,13,16-18H2,1-9H3/t19-,20+,21-,22+,23+,24+,25-,26+,29+,30+,31+,32+,33-,34+,35-,36-/m0/s1. The summed E-state index contributed by atoms with van der Waals surface area (Å²) in [6.07, 6.45) is -1.47. The van der Waals surface area contributed by atoms with Gasteiger partial charge in [0.1, 0.15) is 41.9 Å². The van der Waals surface area contributed by atoms with Crippen LogP contribution in [0, 0.1) is 23.7 Å². The Balaban J connectivity index is 1.81. The minimum atomic E-state index is -1.83. The van der Waals surface area contributed by atoms with Crippen LogP contribution < -0.4 is 0 Å². The number of hydrogen-bond donors (Lipinski definition) is 4. The van der Waals surface area contributed by atoms with Crippen molar-refractivity contribution in [1.82, 2.24) is 0 Å². The largest absolute Gasteiger partial charge is 0.459 e. The lowest BCUT2D eigenvalue weighted by molar-refractivity contribution is -0.322. The maximum absolute atomic E-state index is 13.2. The van der Waals surface area contributed by atoms with Crippen LogP contribution in [0.5, 0.6) is 0 Å². The van der Waals surface area contributed by atoms with Crippen LogP contribution in [0.2, 0.25) is 0 Å². The highest BCUT2D eigenvalue weighted by Gasteiger charge is 2.52. The van der Waals surface area contributed by atoms with Crippen molar-refractivity contribution < 1.29 is 63.2 Å². The number of esters is 1. The summed E-state index contributed by atoms with van der Waals surface area (Å²) in [4.78, 5) is 26.3. The number of Topliss-reactive ketones (excluding diaryl/α,β-unsaturated/α-hetero) is 1. The number of methoxy groups -OCH3 is 2. The summed E-state index contributed by atoms with van der Waals surface area (Å²) in [6, 6.07) is 0. The van der Waals surface area contributed by atoms with Gasteiger partial charge in [-0.15, -0.1) is 0 Å². The lowest BCUT2D eigenvalue weighted by Crippen LogP contribution is -2.63. The number of carbonyl (C=O) groups excluding carboxylic acids is 2. The van der Waals surface area contributed by atoms with E-state index in [1.165, 1.54) is 27.2 Å². The molecule has 16 atom stereocenters. The topological polar surface area (TPSA) is 180 Å². The molecule has 0 amide bonds. The number of aliphatic hydroxyl groups is 4. The zero-order valence-corrected chi connectivity index (χ0v) is 30.5. The van der Waals surface area contributed by atoms with Gasteiger partial charge in [0.05, 0.1) is 31.0 Å². The molecular weight excluding hydrogens is 640 g/mol. The van der Waals surface area contributed by atoms with Gasteiger partial charge in [-0.05, 0) is 46.5 Å². The molecule has 0 bridgehead atoms. The van der Waals surface area contributed by atoms with E-state index in [0.29, 0.717) is 19.3 Å². The summed E-state index contributed by atoms with van der Waals surface area (Å²) in [5, 5.41) is 42.9. The molecule has 0 aromatic rings. The van der Waals surface area contributed by atoms with Gasteiger partial charge in [0.2, 0.25) is 0 Å². The third kappa shape index (κ3) is 10.6. The van der Waals surface area contributed by atoms with E-state index in [4.69, 9.17) is 33.2 Å². The molecule has 2 saturated heterocycles. The van der Waals surface area contributed by atoms with Crippen LogP contribution in [0.3, 0.4) is 0 Å². The normalized spacial score (nSPS) is 44.0. The minimum absolute atomic E-state index is 0.0218. The number of ether oxygens (including phenoxy) is 7. The van der Waals surface area contributed by atoms with Crippen molar-refractivity contribution in [2.24, 2.45) is 23.7 Å². The first kappa shape index (κ1) is 41.6. The van der Waals surface area contributed by atoms with Crippen molar-refractivity contribution in [3.05, 3.63) is 24.3 Å². The molecule has 3 aliphatic rings.